The summed E-state index contributed by atoms with van der Waals surface area (Å²) >= 11 is 0. The number of nitroso groups, excluding NO2 is 1. The van der Waals surface area contributed by atoms with Crippen molar-refractivity contribution >= 4 is 0 Å². The van der Waals surface area contributed by atoms with Gasteiger partial charge in [-0.05, 0) is 18.8 Å². The van der Waals surface area contributed by atoms with Crippen LogP contribution < -0.4 is 0 Å². The lowest BCUT2D eigenvalue weighted by atomic mass is 9.80. The Hall–Kier alpha value is -0.400. The van der Waals surface area contributed by atoms with Crippen LogP contribution in [0.3, 0.4) is 0 Å². The van der Waals surface area contributed by atoms with Crippen LogP contribution in [0.5, 0.6) is 0 Å². The summed E-state index contributed by atoms with van der Waals surface area (Å²) in [7, 11) is 0. The fourth-order valence-electron chi connectivity index (χ4n) is 1.66. The molecule has 0 aromatic carbocycles. The Kier molecular flexibility index (Phi) is 3.53. The Morgan fingerprint density at radius 3 is 2.64 bits per heavy atom. The van der Waals surface area contributed by atoms with Gasteiger partial charge in [0.05, 0.1) is 6.04 Å². The molecule has 11 heavy (non-hydrogen) atoms. The molecule has 0 aromatic rings. The Morgan fingerprint density at radius 2 is 2.27 bits per heavy atom. The van der Waals surface area contributed by atoms with Crippen molar-refractivity contribution < 1.29 is 0 Å². The van der Waals surface area contributed by atoms with E-state index in [0.717, 1.165) is 25.2 Å². The van der Waals surface area contributed by atoms with Gasteiger partial charge in [-0.2, -0.15) is 4.91 Å². The smallest absolute Gasteiger partial charge is 0.0922 e. The van der Waals surface area contributed by atoms with E-state index in [1.165, 1.54) is 19.3 Å². The van der Waals surface area contributed by atoms with E-state index >= 15 is 0 Å². The van der Waals surface area contributed by atoms with Gasteiger partial charge in [0.25, 0.3) is 0 Å². The maximum Gasteiger partial charge on any atom is 0.0922 e. The lowest BCUT2D eigenvalue weighted by molar-refractivity contribution is 0.271. The fourth-order valence-corrected chi connectivity index (χ4v) is 1.66. The average molecular weight is 155 g/mol. The molecular weight excluding hydrogens is 138 g/mol. The summed E-state index contributed by atoms with van der Waals surface area (Å²) in [6.45, 7) is 2.11. The molecule has 1 aliphatic carbocycles. The van der Waals surface area contributed by atoms with Gasteiger partial charge in [0.15, 0.2) is 0 Å². The van der Waals surface area contributed by atoms with Crippen molar-refractivity contribution in [1.29, 1.82) is 0 Å². The van der Waals surface area contributed by atoms with Crippen molar-refractivity contribution in [2.24, 2.45) is 11.1 Å². The lowest BCUT2D eigenvalue weighted by Gasteiger charge is -2.26. The molecule has 2 heteroatoms. The average Bonchev–Trinajstić information content (AvgIpc) is 1.94. The number of nitrogens with zero attached hydrogens (tertiary/aromatic N) is 1. The Bertz CT molecular complexity index is 121. The molecule has 1 unspecified atom stereocenters. The molecule has 0 heterocycles. The molecule has 1 aliphatic rings. The second-order valence-electron chi connectivity index (χ2n) is 3.58. The molecule has 1 fully saturated rings. The highest BCUT2D eigenvalue weighted by Gasteiger charge is 2.21. The molecular formula is C9H17NO. The van der Waals surface area contributed by atoms with Crippen LogP contribution in [0.1, 0.15) is 45.4 Å². The van der Waals surface area contributed by atoms with Crippen LogP contribution in [-0.2, 0) is 0 Å². The number of hydrogen-bond donors (Lipinski definition) is 0. The van der Waals surface area contributed by atoms with Crippen LogP contribution in [0.4, 0.5) is 0 Å². The standard InChI is InChI=1S/C9H17NO/c1-2-4-9(10-11)7-8-5-3-6-8/h8-9H,2-7H2,1H3. The summed E-state index contributed by atoms with van der Waals surface area (Å²) in [5.74, 6) is 0.823. The van der Waals surface area contributed by atoms with Gasteiger partial charge < -0.3 is 0 Å². The van der Waals surface area contributed by atoms with E-state index < -0.39 is 0 Å². The maximum atomic E-state index is 10.3. The van der Waals surface area contributed by atoms with Crippen LogP contribution in [0.25, 0.3) is 0 Å². The van der Waals surface area contributed by atoms with Crippen molar-refractivity contribution in [3.05, 3.63) is 4.91 Å². The maximum absolute atomic E-state index is 10.3. The van der Waals surface area contributed by atoms with Gasteiger partial charge >= 0.3 is 0 Å². The molecule has 0 saturated heterocycles. The van der Waals surface area contributed by atoms with Gasteiger partial charge in [-0.3, -0.25) is 0 Å². The first-order chi connectivity index (χ1) is 5.36. The van der Waals surface area contributed by atoms with E-state index in [2.05, 4.69) is 12.1 Å². The third-order valence-electron chi connectivity index (χ3n) is 2.60. The highest BCUT2D eigenvalue weighted by molar-refractivity contribution is 4.76. The second-order valence-corrected chi connectivity index (χ2v) is 3.58. The van der Waals surface area contributed by atoms with Crippen molar-refractivity contribution in [1.82, 2.24) is 0 Å². The summed E-state index contributed by atoms with van der Waals surface area (Å²) in [5, 5.41) is 3.15. The van der Waals surface area contributed by atoms with Crippen LogP contribution in [0, 0.1) is 10.8 Å². The molecule has 1 saturated carbocycles. The van der Waals surface area contributed by atoms with E-state index in [9.17, 15) is 4.91 Å². The molecule has 64 valence electrons. The van der Waals surface area contributed by atoms with Crippen LogP contribution in [-0.4, -0.2) is 6.04 Å². The molecule has 0 aliphatic heterocycles. The van der Waals surface area contributed by atoms with Gasteiger partial charge in [-0.15, -0.1) is 0 Å². The summed E-state index contributed by atoms with van der Waals surface area (Å²) in [6.07, 6.45) is 7.15. The van der Waals surface area contributed by atoms with E-state index in [1.54, 1.807) is 0 Å². The quantitative estimate of drug-likeness (QED) is 0.561. The minimum absolute atomic E-state index is 0.116. The third-order valence-corrected chi connectivity index (χ3v) is 2.60. The Morgan fingerprint density at radius 1 is 1.55 bits per heavy atom. The molecule has 0 spiro atoms. The van der Waals surface area contributed by atoms with E-state index in [0.29, 0.717) is 0 Å². The Labute approximate surface area is 68.3 Å². The van der Waals surface area contributed by atoms with E-state index in [1.807, 2.05) is 0 Å². The highest BCUT2D eigenvalue weighted by Crippen LogP contribution is 2.31. The molecule has 0 N–H and O–H groups in total. The summed E-state index contributed by atoms with van der Waals surface area (Å²) in [5.41, 5.74) is 0. The van der Waals surface area contributed by atoms with Crippen molar-refractivity contribution in [3.63, 3.8) is 0 Å². The minimum atomic E-state index is 0.116. The first-order valence-electron chi connectivity index (χ1n) is 4.69. The molecule has 0 aromatic heterocycles. The predicted octanol–water partition coefficient (Wildman–Crippen LogP) is 3.11. The Balaban J connectivity index is 2.13. The summed E-state index contributed by atoms with van der Waals surface area (Å²) < 4.78 is 0. The van der Waals surface area contributed by atoms with Gasteiger partial charge in [-0.25, -0.2) is 0 Å². The van der Waals surface area contributed by atoms with Crippen molar-refractivity contribution in [2.45, 2.75) is 51.5 Å². The second kappa shape index (κ2) is 4.47. The zero-order valence-corrected chi connectivity index (χ0v) is 7.25. The van der Waals surface area contributed by atoms with E-state index in [4.69, 9.17) is 0 Å². The first-order valence-corrected chi connectivity index (χ1v) is 4.69. The molecule has 0 bridgehead atoms. The van der Waals surface area contributed by atoms with Gasteiger partial charge in [0.2, 0.25) is 0 Å². The topological polar surface area (TPSA) is 29.4 Å². The molecule has 0 amide bonds. The van der Waals surface area contributed by atoms with E-state index in [-0.39, 0.29) is 6.04 Å². The highest BCUT2D eigenvalue weighted by atomic mass is 16.3. The summed E-state index contributed by atoms with van der Waals surface area (Å²) in [4.78, 5) is 10.3. The van der Waals surface area contributed by atoms with Gasteiger partial charge in [0.1, 0.15) is 0 Å². The third kappa shape index (κ3) is 2.60. The first kappa shape index (κ1) is 8.69. The van der Waals surface area contributed by atoms with Crippen molar-refractivity contribution in [2.75, 3.05) is 0 Å². The minimum Gasteiger partial charge on any atom is -0.151 e. The predicted molar refractivity (Wildman–Crippen MR) is 46.4 cm³/mol. The zero-order valence-electron chi connectivity index (χ0n) is 7.25. The normalized spacial score (nSPS) is 20.8. The largest absolute Gasteiger partial charge is 0.151 e. The number of hydrogen-bond acceptors (Lipinski definition) is 2. The van der Waals surface area contributed by atoms with Crippen LogP contribution in [0.15, 0.2) is 5.18 Å². The number of rotatable bonds is 5. The van der Waals surface area contributed by atoms with Crippen molar-refractivity contribution in [3.8, 4) is 0 Å². The molecule has 1 rings (SSSR count). The zero-order chi connectivity index (χ0) is 8.10. The SMILES string of the molecule is CCCC(CC1CCC1)N=O. The monoisotopic (exact) mass is 155 g/mol. The van der Waals surface area contributed by atoms with Crippen LogP contribution in [0.2, 0.25) is 0 Å². The molecule has 2 nitrogen and oxygen atoms in total. The fraction of sp³-hybridized carbons (Fsp3) is 1.00. The molecule has 1 atom stereocenters. The van der Waals surface area contributed by atoms with Gasteiger partial charge in [-0.1, -0.05) is 37.8 Å². The summed E-state index contributed by atoms with van der Waals surface area (Å²) in [6, 6.07) is 0.116. The van der Waals surface area contributed by atoms with Gasteiger partial charge in [0, 0.05) is 0 Å². The molecule has 0 radical (unpaired) electrons. The van der Waals surface area contributed by atoms with Crippen LogP contribution >= 0.6 is 0 Å². The lowest BCUT2D eigenvalue weighted by Crippen LogP contribution is -2.17.